The Kier molecular flexibility index (Phi) is 5.11. The number of rotatable bonds is 5. The minimum absolute atomic E-state index is 0.0801. The molecule has 36 heavy (non-hydrogen) atoms. The fourth-order valence-corrected chi connectivity index (χ4v) is 4.73. The van der Waals surface area contributed by atoms with Crippen molar-refractivity contribution in [3.8, 4) is 0 Å². The first-order chi connectivity index (χ1) is 17.3. The fraction of sp³-hybridized carbons (Fsp3) is 0.375. The summed E-state index contributed by atoms with van der Waals surface area (Å²) in [5.74, 6) is -0.249. The van der Waals surface area contributed by atoms with E-state index in [2.05, 4.69) is 25.4 Å². The third-order valence-electron chi connectivity index (χ3n) is 6.72. The number of hydrogen-bond donors (Lipinski definition) is 1. The van der Waals surface area contributed by atoms with E-state index in [4.69, 9.17) is 4.74 Å². The summed E-state index contributed by atoms with van der Waals surface area (Å²) < 4.78 is 48.6. The molecule has 1 aliphatic carbocycles. The van der Waals surface area contributed by atoms with Crippen LogP contribution in [0.2, 0.25) is 0 Å². The summed E-state index contributed by atoms with van der Waals surface area (Å²) in [6.45, 7) is 4.15. The van der Waals surface area contributed by atoms with Crippen LogP contribution in [0.3, 0.4) is 0 Å². The first-order valence-electron chi connectivity index (χ1n) is 11.6. The number of carbonyl (C=O) groups is 1. The summed E-state index contributed by atoms with van der Waals surface area (Å²) in [5.41, 5.74) is 0.100. The van der Waals surface area contributed by atoms with Crippen LogP contribution in [0.25, 0.3) is 16.7 Å². The molecule has 1 atom stereocenters. The Hall–Kier alpha value is -3.80. The molecule has 12 heteroatoms. The van der Waals surface area contributed by atoms with Gasteiger partial charge in [0, 0.05) is 12.1 Å². The molecule has 4 heterocycles. The highest BCUT2D eigenvalue weighted by atomic mass is 19.3. The molecule has 0 bridgehead atoms. The summed E-state index contributed by atoms with van der Waals surface area (Å²) in [4.78, 5) is 28.2. The van der Waals surface area contributed by atoms with Gasteiger partial charge in [0.15, 0.2) is 11.3 Å². The van der Waals surface area contributed by atoms with E-state index in [1.54, 1.807) is 29.3 Å². The van der Waals surface area contributed by atoms with Gasteiger partial charge in [0.25, 0.3) is 12.3 Å². The zero-order valence-corrected chi connectivity index (χ0v) is 19.5. The molecule has 1 saturated heterocycles. The number of hydrogen-bond acceptors (Lipinski definition) is 7. The standard InChI is InChI=1S/C24H22F3N7O2/c1-12(14-4-3-5-15(18(14)25)19(26)27)30-20-16-10-17(33-8-9-36-24(6-7-24)23(33)35)22-31-13(2)32-34(22)21(16)29-11-28-20/h3-5,10-12,19H,6-9H2,1-2H3,(H,28,29,30)/t12-/m1/s1. The van der Waals surface area contributed by atoms with Gasteiger partial charge in [0.05, 0.1) is 29.3 Å². The number of morpholine rings is 1. The molecular formula is C24H22F3N7O2. The Morgan fingerprint density at radius 3 is 2.69 bits per heavy atom. The molecule has 1 spiro atoms. The van der Waals surface area contributed by atoms with E-state index in [0.717, 1.165) is 6.07 Å². The van der Waals surface area contributed by atoms with Crippen LogP contribution in [-0.2, 0) is 9.53 Å². The van der Waals surface area contributed by atoms with Crippen molar-refractivity contribution in [3.05, 3.63) is 53.4 Å². The monoisotopic (exact) mass is 497 g/mol. The molecule has 0 unspecified atom stereocenters. The number of ether oxygens (including phenoxy) is 1. The molecule has 1 saturated carbocycles. The van der Waals surface area contributed by atoms with E-state index in [1.807, 2.05) is 0 Å². The van der Waals surface area contributed by atoms with Crippen molar-refractivity contribution in [2.45, 2.75) is 44.8 Å². The van der Waals surface area contributed by atoms with Crippen molar-refractivity contribution in [2.24, 2.45) is 0 Å². The number of nitrogens with zero attached hydrogens (tertiary/aromatic N) is 6. The van der Waals surface area contributed by atoms with E-state index in [-0.39, 0.29) is 11.5 Å². The molecule has 0 radical (unpaired) electrons. The molecule has 3 aromatic heterocycles. The van der Waals surface area contributed by atoms with Crippen molar-refractivity contribution in [3.63, 3.8) is 0 Å². The quantitative estimate of drug-likeness (QED) is 0.443. The van der Waals surface area contributed by atoms with Gasteiger partial charge in [-0.2, -0.15) is 4.52 Å². The number of fused-ring (bicyclic) bond motifs is 3. The Morgan fingerprint density at radius 2 is 1.94 bits per heavy atom. The Bertz CT molecular complexity index is 1520. The molecule has 9 nitrogen and oxygen atoms in total. The van der Waals surface area contributed by atoms with Crippen LogP contribution in [0.5, 0.6) is 0 Å². The topological polar surface area (TPSA) is 97.5 Å². The molecule has 1 amide bonds. The third kappa shape index (κ3) is 3.47. The third-order valence-corrected chi connectivity index (χ3v) is 6.72. The summed E-state index contributed by atoms with van der Waals surface area (Å²) in [5, 5.41) is 8.12. The Labute approximate surface area is 203 Å². The normalized spacial score (nSPS) is 17.9. The maximum absolute atomic E-state index is 14.8. The second kappa shape index (κ2) is 8.12. The lowest BCUT2D eigenvalue weighted by molar-refractivity contribution is -0.137. The Morgan fingerprint density at radius 1 is 1.17 bits per heavy atom. The molecular weight excluding hydrogens is 475 g/mol. The number of nitrogens with one attached hydrogen (secondary N) is 1. The van der Waals surface area contributed by atoms with Crippen molar-refractivity contribution in [2.75, 3.05) is 23.4 Å². The zero-order chi connectivity index (χ0) is 25.2. The average molecular weight is 497 g/mol. The lowest BCUT2D eigenvalue weighted by Gasteiger charge is -2.32. The lowest BCUT2D eigenvalue weighted by atomic mass is 10.0. The van der Waals surface area contributed by atoms with Crippen LogP contribution < -0.4 is 10.2 Å². The van der Waals surface area contributed by atoms with Gasteiger partial charge in [-0.15, -0.1) is 5.10 Å². The van der Waals surface area contributed by atoms with E-state index >= 15 is 0 Å². The number of halogens is 3. The number of alkyl halides is 2. The van der Waals surface area contributed by atoms with Gasteiger partial charge in [-0.1, -0.05) is 18.2 Å². The molecule has 1 N–H and O–H groups in total. The largest absolute Gasteiger partial charge is 0.363 e. The fourth-order valence-electron chi connectivity index (χ4n) is 4.73. The number of aryl methyl sites for hydroxylation is 1. The molecule has 186 valence electrons. The lowest BCUT2D eigenvalue weighted by Crippen LogP contribution is -2.49. The van der Waals surface area contributed by atoms with Gasteiger partial charge in [-0.3, -0.25) is 4.79 Å². The van der Waals surface area contributed by atoms with Crippen LogP contribution in [-0.4, -0.2) is 49.2 Å². The molecule has 1 aromatic carbocycles. The van der Waals surface area contributed by atoms with Gasteiger partial charge >= 0.3 is 0 Å². The highest BCUT2D eigenvalue weighted by Crippen LogP contribution is 2.45. The van der Waals surface area contributed by atoms with Gasteiger partial charge < -0.3 is 15.0 Å². The summed E-state index contributed by atoms with van der Waals surface area (Å²) in [6.07, 6.45) is -0.244. The maximum Gasteiger partial charge on any atom is 0.266 e. The average Bonchev–Trinajstić information content (AvgIpc) is 3.51. The van der Waals surface area contributed by atoms with Gasteiger partial charge in [0.2, 0.25) is 0 Å². The maximum atomic E-state index is 14.8. The minimum Gasteiger partial charge on any atom is -0.363 e. The predicted octanol–water partition coefficient (Wildman–Crippen LogP) is 4.13. The van der Waals surface area contributed by atoms with E-state index in [0.29, 0.717) is 60.0 Å². The van der Waals surface area contributed by atoms with Crippen LogP contribution in [0.4, 0.5) is 24.7 Å². The Balaban J connectivity index is 1.47. The van der Waals surface area contributed by atoms with Crippen molar-refractivity contribution >= 4 is 34.1 Å². The number of carbonyl (C=O) groups excluding carboxylic acids is 1. The van der Waals surface area contributed by atoms with Gasteiger partial charge in [0.1, 0.15) is 29.4 Å². The smallest absolute Gasteiger partial charge is 0.266 e. The number of benzene rings is 1. The van der Waals surface area contributed by atoms with Crippen molar-refractivity contribution in [1.82, 2.24) is 24.6 Å². The highest BCUT2D eigenvalue weighted by molar-refractivity contribution is 6.06. The van der Waals surface area contributed by atoms with Crippen LogP contribution in [0, 0.1) is 12.7 Å². The second-order valence-corrected chi connectivity index (χ2v) is 9.10. The van der Waals surface area contributed by atoms with Crippen LogP contribution >= 0.6 is 0 Å². The molecule has 2 fully saturated rings. The summed E-state index contributed by atoms with van der Waals surface area (Å²) >= 11 is 0. The molecule has 4 aromatic rings. The molecule has 1 aliphatic heterocycles. The SMILES string of the molecule is Cc1nc2c(N3CCOC4(CC4)C3=O)cc3c(N[C@H](C)c4cccc(C(F)F)c4F)ncnc3n2n1. The molecule has 2 aliphatic rings. The minimum atomic E-state index is -2.93. The summed E-state index contributed by atoms with van der Waals surface area (Å²) in [6, 6.07) is 4.98. The first kappa shape index (κ1) is 22.7. The van der Waals surface area contributed by atoms with Crippen LogP contribution in [0.15, 0.2) is 30.6 Å². The number of amides is 1. The predicted molar refractivity (Wildman–Crippen MR) is 124 cm³/mol. The van der Waals surface area contributed by atoms with E-state index in [1.165, 1.54) is 18.5 Å². The van der Waals surface area contributed by atoms with Crippen LogP contribution in [0.1, 0.15) is 49.2 Å². The van der Waals surface area contributed by atoms with E-state index < -0.39 is 29.4 Å². The van der Waals surface area contributed by atoms with Crippen molar-refractivity contribution in [1.29, 1.82) is 0 Å². The van der Waals surface area contributed by atoms with Gasteiger partial charge in [-0.05, 0) is 32.8 Å². The first-order valence-corrected chi connectivity index (χ1v) is 11.6. The zero-order valence-electron chi connectivity index (χ0n) is 19.5. The van der Waals surface area contributed by atoms with Crippen molar-refractivity contribution < 1.29 is 22.7 Å². The van der Waals surface area contributed by atoms with Gasteiger partial charge in [-0.25, -0.2) is 28.1 Å². The second-order valence-electron chi connectivity index (χ2n) is 9.10. The summed E-state index contributed by atoms with van der Waals surface area (Å²) in [7, 11) is 0. The van der Waals surface area contributed by atoms with E-state index in [9.17, 15) is 18.0 Å². The number of anilines is 2. The number of aromatic nitrogens is 5. The highest BCUT2D eigenvalue weighted by Gasteiger charge is 2.55. The molecule has 6 rings (SSSR count). The number of pyridine rings is 1.